The molecule has 0 aliphatic heterocycles. The van der Waals surface area contributed by atoms with E-state index in [2.05, 4.69) is 10.4 Å². The van der Waals surface area contributed by atoms with E-state index in [9.17, 15) is 18.3 Å². The van der Waals surface area contributed by atoms with Gasteiger partial charge in [-0.2, -0.15) is 18.3 Å². The molecule has 0 atom stereocenters. The Kier molecular flexibility index (Phi) is 4.08. The molecule has 0 radical (unpaired) electrons. The molecule has 114 valence electrons. The monoisotopic (exact) mass is 301 g/mol. The fourth-order valence-electron chi connectivity index (χ4n) is 1.84. The van der Waals surface area contributed by atoms with Crippen molar-refractivity contribution in [1.29, 1.82) is 0 Å². The van der Waals surface area contributed by atoms with Crippen LogP contribution in [0.5, 0.6) is 11.5 Å². The summed E-state index contributed by atoms with van der Waals surface area (Å²) in [4.78, 5) is 0. The Morgan fingerprint density at radius 2 is 1.90 bits per heavy atom. The highest BCUT2D eigenvalue weighted by atomic mass is 19.4. The van der Waals surface area contributed by atoms with Gasteiger partial charge >= 0.3 is 6.18 Å². The van der Waals surface area contributed by atoms with E-state index in [0.717, 1.165) is 10.7 Å². The van der Waals surface area contributed by atoms with Crippen molar-refractivity contribution in [2.45, 2.75) is 19.3 Å². The maximum absolute atomic E-state index is 12.5. The molecule has 3 N–H and O–H groups in total. The molecule has 0 aliphatic carbocycles. The standard InChI is InChI=1S/C13H14F3N3O2/c1-19-9(4-12(18-19)13(14,15)16)7-17-6-8-2-3-10(20)5-11(8)21/h2-5,17,20-21H,6-7H2,1H3. The van der Waals surface area contributed by atoms with Crippen LogP contribution in [0.2, 0.25) is 0 Å². The van der Waals surface area contributed by atoms with Gasteiger partial charge in [-0.3, -0.25) is 4.68 Å². The van der Waals surface area contributed by atoms with Crippen molar-refractivity contribution in [3.8, 4) is 11.5 Å². The van der Waals surface area contributed by atoms with E-state index >= 15 is 0 Å². The summed E-state index contributed by atoms with van der Waals surface area (Å²) in [6.07, 6.45) is -4.47. The van der Waals surface area contributed by atoms with Gasteiger partial charge in [-0.05, 0) is 12.1 Å². The predicted octanol–water partition coefficient (Wildman–Crippen LogP) is 2.14. The molecule has 0 amide bonds. The van der Waals surface area contributed by atoms with Crippen molar-refractivity contribution in [1.82, 2.24) is 15.1 Å². The second-order valence-corrected chi connectivity index (χ2v) is 4.56. The molecule has 0 spiro atoms. The quantitative estimate of drug-likeness (QED) is 0.809. The third-order valence-electron chi connectivity index (χ3n) is 2.96. The Balaban J connectivity index is 1.99. The molecular formula is C13H14F3N3O2. The molecule has 0 bridgehead atoms. The van der Waals surface area contributed by atoms with Crippen LogP contribution in [0.1, 0.15) is 17.0 Å². The van der Waals surface area contributed by atoms with Gasteiger partial charge in [0.05, 0.1) is 5.69 Å². The average Bonchev–Trinajstić information content (AvgIpc) is 2.74. The lowest BCUT2D eigenvalue weighted by Gasteiger charge is -2.07. The number of alkyl halides is 3. The second-order valence-electron chi connectivity index (χ2n) is 4.56. The second kappa shape index (κ2) is 5.65. The predicted molar refractivity (Wildman–Crippen MR) is 68.5 cm³/mol. The third-order valence-corrected chi connectivity index (χ3v) is 2.96. The van der Waals surface area contributed by atoms with Crippen LogP contribution in [0.15, 0.2) is 24.3 Å². The fraction of sp³-hybridized carbons (Fsp3) is 0.308. The first-order valence-corrected chi connectivity index (χ1v) is 6.09. The van der Waals surface area contributed by atoms with Crippen molar-refractivity contribution >= 4 is 0 Å². The van der Waals surface area contributed by atoms with Gasteiger partial charge in [-0.1, -0.05) is 6.07 Å². The third kappa shape index (κ3) is 3.66. The van der Waals surface area contributed by atoms with Gasteiger partial charge in [0.15, 0.2) is 5.69 Å². The number of halogens is 3. The largest absolute Gasteiger partial charge is 0.508 e. The Bertz CT molecular complexity index is 638. The van der Waals surface area contributed by atoms with E-state index in [-0.39, 0.29) is 24.6 Å². The molecule has 0 unspecified atom stereocenters. The minimum Gasteiger partial charge on any atom is -0.508 e. The molecule has 5 nitrogen and oxygen atoms in total. The zero-order valence-corrected chi connectivity index (χ0v) is 11.1. The molecule has 1 aromatic heterocycles. The normalized spacial score (nSPS) is 11.8. The molecule has 0 aliphatic rings. The summed E-state index contributed by atoms with van der Waals surface area (Å²) in [6.45, 7) is 0.415. The van der Waals surface area contributed by atoms with Crippen LogP contribution in [0.4, 0.5) is 13.2 Å². The van der Waals surface area contributed by atoms with Crippen LogP contribution in [-0.4, -0.2) is 20.0 Å². The van der Waals surface area contributed by atoms with Crippen molar-refractivity contribution < 1.29 is 23.4 Å². The first-order valence-electron chi connectivity index (χ1n) is 6.09. The van der Waals surface area contributed by atoms with Gasteiger partial charge in [0, 0.05) is 31.8 Å². The number of benzene rings is 1. The zero-order valence-electron chi connectivity index (χ0n) is 11.1. The number of hydrogen-bond donors (Lipinski definition) is 3. The Labute approximate surface area is 118 Å². The van der Waals surface area contributed by atoms with Gasteiger partial charge in [-0.25, -0.2) is 0 Å². The number of nitrogens with one attached hydrogen (secondary N) is 1. The molecule has 0 saturated carbocycles. The molecular weight excluding hydrogens is 287 g/mol. The van der Waals surface area contributed by atoms with Crippen LogP contribution in [0.25, 0.3) is 0 Å². The average molecular weight is 301 g/mol. The molecule has 21 heavy (non-hydrogen) atoms. The van der Waals surface area contributed by atoms with Gasteiger partial charge < -0.3 is 15.5 Å². The Hall–Kier alpha value is -2.22. The van der Waals surface area contributed by atoms with Crippen LogP contribution >= 0.6 is 0 Å². The number of nitrogens with zero attached hydrogens (tertiary/aromatic N) is 2. The van der Waals surface area contributed by atoms with Gasteiger partial charge in [0.1, 0.15) is 11.5 Å². The number of aromatic hydroxyl groups is 2. The summed E-state index contributed by atoms with van der Waals surface area (Å²) in [5.74, 6) is -0.138. The van der Waals surface area contributed by atoms with Crippen molar-refractivity contribution in [2.75, 3.05) is 0 Å². The smallest absolute Gasteiger partial charge is 0.435 e. The van der Waals surface area contributed by atoms with E-state index < -0.39 is 11.9 Å². The van der Waals surface area contributed by atoms with Gasteiger partial charge in [-0.15, -0.1) is 0 Å². The molecule has 0 saturated heterocycles. The number of aryl methyl sites for hydroxylation is 1. The number of rotatable bonds is 4. The molecule has 0 fully saturated rings. The molecule has 1 heterocycles. The minimum absolute atomic E-state index is 0.0577. The molecule has 8 heteroatoms. The van der Waals surface area contributed by atoms with Crippen LogP contribution < -0.4 is 5.32 Å². The summed E-state index contributed by atoms with van der Waals surface area (Å²) in [6, 6.07) is 5.12. The number of phenolic OH excluding ortho intramolecular Hbond substituents is 2. The number of aromatic nitrogens is 2. The fourth-order valence-corrected chi connectivity index (χ4v) is 1.84. The summed E-state index contributed by atoms with van der Waals surface area (Å²) >= 11 is 0. The topological polar surface area (TPSA) is 70.3 Å². The van der Waals surface area contributed by atoms with Crippen molar-refractivity contribution in [3.63, 3.8) is 0 Å². The van der Waals surface area contributed by atoms with Crippen molar-refractivity contribution in [3.05, 3.63) is 41.2 Å². The van der Waals surface area contributed by atoms with E-state index in [1.54, 1.807) is 0 Å². The lowest BCUT2D eigenvalue weighted by atomic mass is 10.2. The lowest BCUT2D eigenvalue weighted by Crippen LogP contribution is -2.15. The van der Waals surface area contributed by atoms with Crippen LogP contribution in [0.3, 0.4) is 0 Å². The highest BCUT2D eigenvalue weighted by molar-refractivity contribution is 5.38. The summed E-state index contributed by atoms with van der Waals surface area (Å²) in [7, 11) is 1.43. The maximum Gasteiger partial charge on any atom is 0.435 e. The molecule has 2 rings (SSSR count). The summed E-state index contributed by atoms with van der Waals surface area (Å²) in [5, 5.41) is 25.1. The SMILES string of the molecule is Cn1nc(C(F)(F)F)cc1CNCc1ccc(O)cc1O. The highest BCUT2D eigenvalue weighted by Crippen LogP contribution is 2.28. The lowest BCUT2D eigenvalue weighted by molar-refractivity contribution is -0.141. The number of phenols is 2. The van der Waals surface area contributed by atoms with E-state index in [1.165, 1.54) is 25.2 Å². The maximum atomic E-state index is 12.5. The van der Waals surface area contributed by atoms with Crippen LogP contribution in [0, 0.1) is 0 Å². The molecule has 2 aromatic rings. The minimum atomic E-state index is -4.47. The summed E-state index contributed by atoms with van der Waals surface area (Å²) < 4.78 is 38.7. The number of hydrogen-bond acceptors (Lipinski definition) is 4. The zero-order chi connectivity index (χ0) is 15.6. The van der Waals surface area contributed by atoms with E-state index in [1.807, 2.05) is 0 Å². The van der Waals surface area contributed by atoms with E-state index in [4.69, 9.17) is 5.11 Å². The highest BCUT2D eigenvalue weighted by Gasteiger charge is 2.34. The summed E-state index contributed by atoms with van der Waals surface area (Å²) in [5.41, 5.74) is -0.0270. The van der Waals surface area contributed by atoms with Gasteiger partial charge in [0.2, 0.25) is 0 Å². The van der Waals surface area contributed by atoms with Crippen molar-refractivity contribution in [2.24, 2.45) is 7.05 Å². The van der Waals surface area contributed by atoms with E-state index in [0.29, 0.717) is 11.3 Å². The first-order chi connectivity index (χ1) is 9.77. The van der Waals surface area contributed by atoms with Gasteiger partial charge in [0.25, 0.3) is 0 Å². The molecule has 1 aromatic carbocycles. The first kappa shape index (κ1) is 15.2. The Morgan fingerprint density at radius 1 is 1.19 bits per heavy atom. The Morgan fingerprint density at radius 3 is 2.48 bits per heavy atom. The van der Waals surface area contributed by atoms with Crippen LogP contribution in [-0.2, 0) is 26.3 Å².